The molecule has 2 unspecified atom stereocenters. The molecule has 0 heterocycles. The van der Waals surface area contributed by atoms with Crippen molar-refractivity contribution in [3.05, 3.63) is 94.3 Å². The van der Waals surface area contributed by atoms with Crippen molar-refractivity contribution < 1.29 is 27.1 Å². The summed E-state index contributed by atoms with van der Waals surface area (Å²) in [6, 6.07) is 17.6. The number of hydrogen-bond donors (Lipinski definition) is 2. The van der Waals surface area contributed by atoms with Crippen molar-refractivity contribution in [3.63, 3.8) is 0 Å². The van der Waals surface area contributed by atoms with Crippen LogP contribution in [0.3, 0.4) is 0 Å². The van der Waals surface area contributed by atoms with E-state index in [2.05, 4.69) is 21.9 Å². The maximum absolute atomic E-state index is 13.2. The molecule has 7 nitrogen and oxygen atoms in total. The highest BCUT2D eigenvalue weighted by Crippen LogP contribution is 2.28. The van der Waals surface area contributed by atoms with Gasteiger partial charge >= 0.3 is 0 Å². The molecule has 3 aromatic rings. The van der Waals surface area contributed by atoms with Crippen LogP contribution in [0.4, 0.5) is 4.39 Å². The van der Waals surface area contributed by atoms with Gasteiger partial charge in [0.2, 0.25) is 15.9 Å². The summed E-state index contributed by atoms with van der Waals surface area (Å²) in [4.78, 5) is 13.0. The highest BCUT2D eigenvalue weighted by atomic mass is 35.5. The molecule has 0 saturated carbocycles. The van der Waals surface area contributed by atoms with E-state index in [9.17, 15) is 17.6 Å². The number of ether oxygens (including phenoxy) is 2. The normalized spacial score (nSPS) is 12.5. The Morgan fingerprint density at radius 2 is 1.75 bits per heavy atom. The van der Waals surface area contributed by atoms with Gasteiger partial charge in [-0.15, -0.1) is 0 Å². The van der Waals surface area contributed by atoms with Gasteiger partial charge in [-0.1, -0.05) is 60.7 Å². The van der Waals surface area contributed by atoms with Crippen LogP contribution in [0.1, 0.15) is 23.6 Å². The van der Waals surface area contributed by atoms with Crippen molar-refractivity contribution in [3.8, 4) is 23.3 Å². The maximum atomic E-state index is 13.2. The molecule has 0 saturated heterocycles. The molecule has 40 heavy (non-hydrogen) atoms. The van der Waals surface area contributed by atoms with E-state index in [-0.39, 0.29) is 24.9 Å². The number of methoxy groups -OCH3 is 1. The summed E-state index contributed by atoms with van der Waals surface area (Å²) in [6.45, 7) is 2.19. The van der Waals surface area contributed by atoms with Crippen molar-refractivity contribution in [2.75, 3.05) is 26.5 Å². The first-order valence-corrected chi connectivity index (χ1v) is 14.8. The molecule has 3 aromatic carbocycles. The fourth-order valence-corrected chi connectivity index (χ4v) is 4.99. The number of amides is 1. The third-order valence-corrected chi connectivity index (χ3v) is 7.01. The topological polar surface area (TPSA) is 93.7 Å². The summed E-state index contributed by atoms with van der Waals surface area (Å²) >= 11 is 6.11. The second-order valence-electron chi connectivity index (χ2n) is 9.27. The van der Waals surface area contributed by atoms with Crippen LogP contribution in [-0.2, 0) is 27.7 Å². The van der Waals surface area contributed by atoms with Gasteiger partial charge in [0, 0.05) is 12.1 Å². The summed E-state index contributed by atoms with van der Waals surface area (Å²) < 4.78 is 50.8. The minimum absolute atomic E-state index is 0.141. The zero-order valence-electron chi connectivity index (χ0n) is 22.5. The van der Waals surface area contributed by atoms with E-state index >= 15 is 0 Å². The Morgan fingerprint density at radius 3 is 2.42 bits per heavy atom. The molecule has 0 aromatic heterocycles. The molecular formula is C30H32ClFN2O5S. The molecule has 0 spiro atoms. The number of benzene rings is 3. The van der Waals surface area contributed by atoms with E-state index < -0.39 is 22.0 Å². The van der Waals surface area contributed by atoms with Crippen LogP contribution >= 0.6 is 11.6 Å². The predicted molar refractivity (Wildman–Crippen MR) is 155 cm³/mol. The van der Waals surface area contributed by atoms with Crippen molar-refractivity contribution in [2.24, 2.45) is 5.92 Å². The number of halogens is 2. The summed E-state index contributed by atoms with van der Waals surface area (Å²) in [5.74, 6) is 5.77. The van der Waals surface area contributed by atoms with Gasteiger partial charge in [0.25, 0.3) is 0 Å². The van der Waals surface area contributed by atoms with Crippen LogP contribution in [0, 0.1) is 23.6 Å². The zero-order chi connectivity index (χ0) is 29.1. The van der Waals surface area contributed by atoms with Gasteiger partial charge in [0.1, 0.15) is 18.5 Å². The predicted octanol–water partition coefficient (Wildman–Crippen LogP) is 4.37. The lowest BCUT2D eigenvalue weighted by atomic mass is 9.94. The molecule has 2 atom stereocenters. The number of nitrogens with one attached hydrogen (secondary N) is 2. The lowest BCUT2D eigenvalue weighted by molar-refractivity contribution is -0.123. The van der Waals surface area contributed by atoms with Gasteiger partial charge in [0.15, 0.2) is 11.5 Å². The fraction of sp³-hybridized carbons (Fsp3) is 0.300. The lowest BCUT2D eigenvalue weighted by Gasteiger charge is -2.24. The molecule has 212 valence electrons. The number of carbonyl (C=O) groups is 1. The van der Waals surface area contributed by atoms with Gasteiger partial charge in [-0.3, -0.25) is 4.79 Å². The average Bonchev–Trinajstić information content (AvgIpc) is 2.91. The van der Waals surface area contributed by atoms with Crippen LogP contribution < -0.4 is 19.5 Å². The van der Waals surface area contributed by atoms with Gasteiger partial charge in [-0.25, -0.2) is 17.5 Å². The number of sulfonamides is 1. The molecule has 10 heteroatoms. The minimum atomic E-state index is -3.65. The Balaban J connectivity index is 1.57. The van der Waals surface area contributed by atoms with Crippen LogP contribution in [0.2, 0.25) is 5.02 Å². The van der Waals surface area contributed by atoms with E-state index in [1.165, 1.54) is 19.2 Å². The highest BCUT2D eigenvalue weighted by Gasteiger charge is 2.28. The largest absolute Gasteiger partial charge is 0.493 e. The first-order valence-electron chi connectivity index (χ1n) is 12.6. The quantitative estimate of drug-likeness (QED) is 0.307. The van der Waals surface area contributed by atoms with Crippen LogP contribution in [0.15, 0.2) is 66.7 Å². The summed E-state index contributed by atoms with van der Waals surface area (Å²) in [5.41, 5.74) is 2.40. The van der Waals surface area contributed by atoms with Crippen LogP contribution in [0.25, 0.3) is 0 Å². The SMILES string of the molecule is COc1cc(CCNC(=O)C(NS(C)(=O)=O)C(C)Cc2ccc(F)cc2)ccc1OCC#Cc1ccccc1Cl. The molecule has 0 radical (unpaired) electrons. The molecule has 0 aliphatic heterocycles. The van der Waals surface area contributed by atoms with Crippen LogP contribution in [-0.4, -0.2) is 46.9 Å². The second kappa shape index (κ2) is 14.7. The third-order valence-electron chi connectivity index (χ3n) is 6.00. The molecule has 0 aliphatic rings. The van der Waals surface area contributed by atoms with E-state index in [1.54, 1.807) is 31.2 Å². The Morgan fingerprint density at radius 1 is 1.05 bits per heavy atom. The maximum Gasteiger partial charge on any atom is 0.238 e. The Hall–Kier alpha value is -3.58. The van der Waals surface area contributed by atoms with Gasteiger partial charge in [-0.05, 0) is 66.3 Å². The van der Waals surface area contributed by atoms with Crippen molar-refractivity contribution in [2.45, 2.75) is 25.8 Å². The number of rotatable bonds is 12. The van der Waals surface area contributed by atoms with E-state index in [0.29, 0.717) is 29.4 Å². The van der Waals surface area contributed by atoms with Crippen molar-refractivity contribution in [1.82, 2.24) is 10.0 Å². The van der Waals surface area contributed by atoms with Crippen LogP contribution in [0.5, 0.6) is 11.5 Å². The molecule has 0 aliphatic carbocycles. The molecule has 2 N–H and O–H groups in total. The van der Waals surface area contributed by atoms with Crippen molar-refractivity contribution >= 4 is 27.5 Å². The third kappa shape index (κ3) is 9.87. The number of hydrogen-bond acceptors (Lipinski definition) is 5. The fourth-order valence-electron chi connectivity index (χ4n) is 4.00. The Bertz CT molecular complexity index is 1470. The molecule has 0 fully saturated rings. The summed E-state index contributed by atoms with van der Waals surface area (Å²) in [6.07, 6.45) is 1.88. The van der Waals surface area contributed by atoms with Gasteiger partial charge in [0.05, 0.1) is 18.4 Å². The molecule has 3 rings (SSSR count). The first kappa shape index (κ1) is 31.0. The van der Waals surface area contributed by atoms with Crippen molar-refractivity contribution in [1.29, 1.82) is 0 Å². The van der Waals surface area contributed by atoms with E-state index in [1.807, 2.05) is 30.3 Å². The van der Waals surface area contributed by atoms with Gasteiger partial charge < -0.3 is 14.8 Å². The Kier molecular flexibility index (Phi) is 11.4. The zero-order valence-corrected chi connectivity index (χ0v) is 24.1. The number of carbonyl (C=O) groups excluding carboxylic acids is 1. The summed E-state index contributed by atoms with van der Waals surface area (Å²) in [7, 11) is -2.11. The molecule has 0 bridgehead atoms. The van der Waals surface area contributed by atoms with E-state index in [4.69, 9.17) is 21.1 Å². The first-order chi connectivity index (χ1) is 19.1. The molecule has 1 amide bonds. The minimum Gasteiger partial charge on any atom is -0.493 e. The Labute approximate surface area is 240 Å². The smallest absolute Gasteiger partial charge is 0.238 e. The highest BCUT2D eigenvalue weighted by molar-refractivity contribution is 7.88. The van der Waals surface area contributed by atoms with Gasteiger partial charge in [-0.2, -0.15) is 0 Å². The summed E-state index contributed by atoms with van der Waals surface area (Å²) in [5, 5.41) is 3.39. The van der Waals surface area contributed by atoms with E-state index in [0.717, 1.165) is 22.9 Å². The average molecular weight is 587 g/mol. The standard InChI is InChI=1S/C30H32ClFN2O5S/c1-21(19-22-10-13-25(32)14-11-22)29(34-40(3,36)37)30(35)33-17-16-23-12-15-27(28(20-23)38-2)39-18-6-8-24-7-4-5-9-26(24)31/h4-5,7,9-15,20-21,29,34H,16-19H2,1-3H3,(H,33,35). The monoisotopic (exact) mass is 586 g/mol. The molecular weight excluding hydrogens is 555 g/mol. The lowest BCUT2D eigenvalue weighted by Crippen LogP contribution is -2.50. The second-order valence-corrected chi connectivity index (χ2v) is 11.5.